The van der Waals surface area contributed by atoms with Gasteiger partial charge in [0, 0.05) is 17.8 Å². The predicted octanol–water partition coefficient (Wildman–Crippen LogP) is 1.15. The summed E-state index contributed by atoms with van der Waals surface area (Å²) in [5.74, 6) is -0.0314. The number of rotatable bonds is 5. The van der Waals surface area contributed by atoms with Gasteiger partial charge in [-0.1, -0.05) is 5.21 Å². The van der Waals surface area contributed by atoms with Crippen molar-refractivity contribution in [3.8, 4) is 5.75 Å². The Morgan fingerprint density at radius 1 is 1.30 bits per heavy atom. The van der Waals surface area contributed by atoms with Crippen LogP contribution in [-0.4, -0.2) is 32.0 Å². The summed E-state index contributed by atoms with van der Waals surface area (Å²) in [7, 11) is 1.26. The van der Waals surface area contributed by atoms with E-state index < -0.39 is 15.5 Å². The van der Waals surface area contributed by atoms with Gasteiger partial charge in [0.2, 0.25) is 5.75 Å². The molecule has 0 aliphatic heterocycles. The van der Waals surface area contributed by atoms with Crippen molar-refractivity contribution in [3.05, 3.63) is 50.3 Å². The van der Waals surface area contributed by atoms with Crippen LogP contribution in [0.4, 0.5) is 11.4 Å². The summed E-state index contributed by atoms with van der Waals surface area (Å²) >= 11 is 0. The van der Waals surface area contributed by atoms with Crippen LogP contribution in [0, 0.1) is 20.2 Å². The van der Waals surface area contributed by atoms with Crippen molar-refractivity contribution < 1.29 is 14.6 Å². The maximum Gasteiger partial charge on any atom is 0.318 e. The summed E-state index contributed by atoms with van der Waals surface area (Å²) in [5, 5.41) is 29.1. The summed E-state index contributed by atoms with van der Waals surface area (Å²) < 4.78 is 6.38. The number of methoxy groups -OCH3 is 1. The van der Waals surface area contributed by atoms with Crippen LogP contribution in [0.3, 0.4) is 0 Å². The molecule has 0 saturated carbocycles. The van der Waals surface area contributed by atoms with Crippen molar-refractivity contribution in [2.75, 3.05) is 7.11 Å². The molecule has 0 aliphatic rings. The van der Waals surface area contributed by atoms with Gasteiger partial charge < -0.3 is 4.74 Å². The zero-order valence-corrected chi connectivity index (χ0v) is 10.3. The lowest BCUT2D eigenvalue weighted by atomic mass is 10.1. The van der Waals surface area contributed by atoms with Crippen molar-refractivity contribution in [2.24, 2.45) is 0 Å². The molecule has 0 radical (unpaired) electrons. The molecule has 0 fully saturated rings. The maximum absolute atomic E-state index is 11.0. The quantitative estimate of drug-likeness (QED) is 0.593. The summed E-state index contributed by atoms with van der Waals surface area (Å²) in [6.45, 7) is 0.0751. The van der Waals surface area contributed by atoms with E-state index in [0.717, 1.165) is 6.07 Å². The Bertz CT molecular complexity index is 654. The first-order valence-electron chi connectivity index (χ1n) is 5.36. The molecule has 2 aromatic rings. The van der Waals surface area contributed by atoms with Crippen LogP contribution in [0.2, 0.25) is 0 Å². The van der Waals surface area contributed by atoms with E-state index in [2.05, 4.69) is 10.3 Å². The van der Waals surface area contributed by atoms with Crippen LogP contribution in [0.5, 0.6) is 5.75 Å². The molecule has 104 valence electrons. The Morgan fingerprint density at radius 2 is 2.05 bits per heavy atom. The monoisotopic (exact) mass is 279 g/mol. The van der Waals surface area contributed by atoms with Crippen LogP contribution >= 0.6 is 0 Å². The molecule has 0 spiro atoms. The van der Waals surface area contributed by atoms with Crippen LogP contribution in [0.1, 0.15) is 5.56 Å². The minimum absolute atomic E-state index is 0.0314. The van der Waals surface area contributed by atoms with E-state index in [9.17, 15) is 20.2 Å². The SMILES string of the molecule is COc1c(Cn2ccnn2)cc([N+](=O)[O-])cc1[N+](=O)[O-]. The zero-order valence-electron chi connectivity index (χ0n) is 10.3. The lowest BCUT2D eigenvalue weighted by Gasteiger charge is -2.08. The minimum atomic E-state index is -0.726. The molecule has 0 aliphatic carbocycles. The fourth-order valence-electron chi connectivity index (χ4n) is 1.74. The summed E-state index contributed by atoms with van der Waals surface area (Å²) in [4.78, 5) is 20.4. The largest absolute Gasteiger partial charge is 0.490 e. The van der Waals surface area contributed by atoms with E-state index in [0.29, 0.717) is 0 Å². The van der Waals surface area contributed by atoms with Gasteiger partial charge in [-0.15, -0.1) is 5.10 Å². The third-order valence-electron chi connectivity index (χ3n) is 2.55. The second-order valence-corrected chi connectivity index (χ2v) is 3.77. The lowest BCUT2D eigenvalue weighted by molar-refractivity contribution is -0.394. The van der Waals surface area contributed by atoms with Crippen LogP contribution in [-0.2, 0) is 6.54 Å². The van der Waals surface area contributed by atoms with E-state index in [1.54, 1.807) is 0 Å². The fraction of sp³-hybridized carbons (Fsp3) is 0.200. The standard InChI is InChI=1S/C10H9N5O5/c1-20-10-7(6-13-3-2-11-12-13)4-8(14(16)17)5-9(10)15(18)19/h2-5H,6H2,1H3. The topological polar surface area (TPSA) is 126 Å². The van der Waals surface area contributed by atoms with Gasteiger partial charge in [-0.05, 0) is 0 Å². The van der Waals surface area contributed by atoms with E-state index in [1.807, 2.05) is 0 Å². The van der Waals surface area contributed by atoms with Gasteiger partial charge in [0.05, 0.1) is 35.8 Å². The molecule has 0 atom stereocenters. The fourth-order valence-corrected chi connectivity index (χ4v) is 1.74. The molecule has 20 heavy (non-hydrogen) atoms. The Hall–Kier alpha value is -3.04. The maximum atomic E-state index is 11.0. The number of non-ortho nitro benzene ring substituents is 1. The molecule has 0 N–H and O–H groups in total. The number of nitro benzene ring substituents is 2. The molecule has 1 heterocycles. The summed E-state index contributed by atoms with van der Waals surface area (Å²) in [6, 6.07) is 2.08. The average molecular weight is 279 g/mol. The van der Waals surface area contributed by atoms with Gasteiger partial charge in [-0.3, -0.25) is 20.2 Å². The Labute approximate surface area is 111 Å². The van der Waals surface area contributed by atoms with Gasteiger partial charge in [-0.2, -0.15) is 0 Å². The number of aromatic nitrogens is 3. The van der Waals surface area contributed by atoms with Crippen molar-refractivity contribution in [2.45, 2.75) is 6.54 Å². The number of hydrogen-bond donors (Lipinski definition) is 0. The number of nitro groups is 2. The van der Waals surface area contributed by atoms with Crippen LogP contribution in [0.15, 0.2) is 24.5 Å². The van der Waals surface area contributed by atoms with E-state index in [4.69, 9.17) is 4.74 Å². The number of ether oxygens (including phenoxy) is 1. The van der Waals surface area contributed by atoms with Gasteiger partial charge in [-0.25, -0.2) is 4.68 Å². The Morgan fingerprint density at radius 3 is 2.55 bits per heavy atom. The first-order chi connectivity index (χ1) is 9.52. The minimum Gasteiger partial charge on any atom is -0.490 e. The lowest BCUT2D eigenvalue weighted by Crippen LogP contribution is -2.06. The summed E-state index contributed by atoms with van der Waals surface area (Å²) in [6.07, 6.45) is 2.96. The average Bonchev–Trinajstić information content (AvgIpc) is 2.90. The number of nitrogens with zero attached hydrogens (tertiary/aromatic N) is 5. The van der Waals surface area contributed by atoms with E-state index >= 15 is 0 Å². The molecule has 10 nitrogen and oxygen atoms in total. The third-order valence-corrected chi connectivity index (χ3v) is 2.55. The van der Waals surface area contributed by atoms with Gasteiger partial charge in [0.25, 0.3) is 5.69 Å². The van der Waals surface area contributed by atoms with Gasteiger partial charge in [0.15, 0.2) is 0 Å². The first-order valence-corrected chi connectivity index (χ1v) is 5.36. The number of hydrogen-bond acceptors (Lipinski definition) is 7. The molecule has 2 rings (SSSR count). The van der Waals surface area contributed by atoms with Crippen LogP contribution in [0.25, 0.3) is 0 Å². The molecule has 0 amide bonds. The van der Waals surface area contributed by atoms with Gasteiger partial charge >= 0.3 is 5.69 Å². The molecule has 10 heteroatoms. The number of benzene rings is 1. The van der Waals surface area contributed by atoms with Crippen molar-refractivity contribution in [1.29, 1.82) is 0 Å². The third kappa shape index (κ3) is 2.53. The molecular formula is C10H9N5O5. The molecule has 0 bridgehead atoms. The van der Waals surface area contributed by atoms with E-state index in [1.165, 1.54) is 30.3 Å². The molecule has 1 aromatic carbocycles. The first kappa shape index (κ1) is 13.4. The highest BCUT2D eigenvalue weighted by Crippen LogP contribution is 2.35. The van der Waals surface area contributed by atoms with Crippen molar-refractivity contribution in [1.82, 2.24) is 15.0 Å². The van der Waals surface area contributed by atoms with Crippen molar-refractivity contribution >= 4 is 11.4 Å². The van der Waals surface area contributed by atoms with E-state index in [-0.39, 0.29) is 23.5 Å². The zero-order chi connectivity index (χ0) is 14.7. The highest BCUT2D eigenvalue weighted by molar-refractivity contribution is 5.58. The smallest absolute Gasteiger partial charge is 0.318 e. The van der Waals surface area contributed by atoms with Crippen LogP contribution < -0.4 is 4.74 Å². The second kappa shape index (κ2) is 5.30. The highest BCUT2D eigenvalue weighted by Gasteiger charge is 2.25. The Balaban J connectivity index is 2.57. The summed E-state index contributed by atoms with van der Waals surface area (Å²) in [5.41, 5.74) is -0.566. The molecule has 0 unspecified atom stereocenters. The highest BCUT2D eigenvalue weighted by atomic mass is 16.6. The predicted molar refractivity (Wildman–Crippen MR) is 65.4 cm³/mol. The second-order valence-electron chi connectivity index (χ2n) is 3.77. The Kier molecular flexibility index (Phi) is 3.55. The van der Waals surface area contributed by atoms with Crippen molar-refractivity contribution in [3.63, 3.8) is 0 Å². The molecule has 1 aromatic heterocycles. The van der Waals surface area contributed by atoms with Gasteiger partial charge in [0.1, 0.15) is 0 Å². The molecule has 0 saturated heterocycles. The molecular weight excluding hydrogens is 270 g/mol. The normalized spacial score (nSPS) is 10.2.